The molecule has 3 heteroatoms. The van der Waals surface area contributed by atoms with Crippen LogP contribution in [0.2, 0.25) is 0 Å². The number of hydrogen-bond acceptors (Lipinski definition) is 3. The Morgan fingerprint density at radius 3 is 2.42 bits per heavy atom. The van der Waals surface area contributed by atoms with Gasteiger partial charge in [0.25, 0.3) is 0 Å². The molecule has 0 spiro atoms. The fourth-order valence-corrected chi connectivity index (χ4v) is 2.14. The van der Waals surface area contributed by atoms with Crippen LogP contribution in [0.1, 0.15) is 38.8 Å². The quantitative estimate of drug-likeness (QED) is 0.759. The molecule has 0 radical (unpaired) electrons. The first-order valence-corrected chi connectivity index (χ1v) is 6.96. The topological polar surface area (TPSA) is 41.5 Å². The second-order valence-corrected chi connectivity index (χ2v) is 5.75. The Hall–Kier alpha value is -0.900. The Kier molecular flexibility index (Phi) is 6.49. The van der Waals surface area contributed by atoms with Crippen molar-refractivity contribution >= 4 is 0 Å². The molecule has 0 aromatic heterocycles. The average molecular weight is 265 g/mol. The molecule has 1 aromatic carbocycles. The molecule has 2 N–H and O–H groups in total. The molecule has 0 aliphatic carbocycles. The third-order valence-electron chi connectivity index (χ3n) is 3.37. The summed E-state index contributed by atoms with van der Waals surface area (Å²) in [6, 6.07) is 10.6. The maximum atomic E-state index is 10.3. The van der Waals surface area contributed by atoms with Gasteiger partial charge in [0.15, 0.2) is 0 Å². The van der Waals surface area contributed by atoms with Crippen LogP contribution in [0.4, 0.5) is 0 Å². The third-order valence-corrected chi connectivity index (χ3v) is 3.37. The van der Waals surface area contributed by atoms with Gasteiger partial charge in [-0.1, -0.05) is 44.2 Å². The highest BCUT2D eigenvalue weighted by molar-refractivity contribution is 5.19. The SMILES string of the molecule is COCCC(C)(O)CNC(c1ccccc1)C(C)C. The van der Waals surface area contributed by atoms with Crippen LogP contribution < -0.4 is 5.32 Å². The molecule has 0 aliphatic rings. The lowest BCUT2D eigenvalue weighted by Crippen LogP contribution is -2.41. The van der Waals surface area contributed by atoms with Crippen molar-refractivity contribution in [2.24, 2.45) is 5.92 Å². The molecule has 0 fully saturated rings. The molecule has 2 atom stereocenters. The van der Waals surface area contributed by atoms with Crippen LogP contribution in [0, 0.1) is 5.92 Å². The van der Waals surface area contributed by atoms with E-state index in [-0.39, 0.29) is 6.04 Å². The van der Waals surface area contributed by atoms with Gasteiger partial charge in [0.05, 0.1) is 5.60 Å². The highest BCUT2D eigenvalue weighted by Gasteiger charge is 2.23. The van der Waals surface area contributed by atoms with E-state index in [2.05, 4.69) is 43.4 Å². The molecule has 2 unspecified atom stereocenters. The van der Waals surface area contributed by atoms with Gasteiger partial charge in [0.2, 0.25) is 0 Å². The first kappa shape index (κ1) is 16.2. The van der Waals surface area contributed by atoms with Crippen LogP contribution >= 0.6 is 0 Å². The van der Waals surface area contributed by atoms with Crippen molar-refractivity contribution in [3.63, 3.8) is 0 Å². The summed E-state index contributed by atoms with van der Waals surface area (Å²) in [5, 5.41) is 13.8. The number of aliphatic hydroxyl groups is 1. The van der Waals surface area contributed by atoms with Crippen molar-refractivity contribution in [3.05, 3.63) is 35.9 Å². The van der Waals surface area contributed by atoms with E-state index in [1.165, 1.54) is 5.56 Å². The third kappa shape index (κ3) is 5.72. The fraction of sp³-hybridized carbons (Fsp3) is 0.625. The molecule has 1 rings (SSSR count). The molecule has 0 heterocycles. The lowest BCUT2D eigenvalue weighted by atomic mass is 9.94. The van der Waals surface area contributed by atoms with Gasteiger partial charge in [0.1, 0.15) is 0 Å². The fourth-order valence-electron chi connectivity index (χ4n) is 2.14. The highest BCUT2D eigenvalue weighted by Crippen LogP contribution is 2.22. The molecule has 3 nitrogen and oxygen atoms in total. The van der Waals surface area contributed by atoms with E-state index in [9.17, 15) is 5.11 Å². The lowest BCUT2D eigenvalue weighted by Gasteiger charge is -2.29. The van der Waals surface area contributed by atoms with Gasteiger partial charge < -0.3 is 15.2 Å². The van der Waals surface area contributed by atoms with E-state index in [0.29, 0.717) is 25.5 Å². The van der Waals surface area contributed by atoms with Crippen LogP contribution in [-0.4, -0.2) is 31.0 Å². The number of hydrogen-bond donors (Lipinski definition) is 2. The van der Waals surface area contributed by atoms with Gasteiger partial charge in [-0.15, -0.1) is 0 Å². The molecule has 108 valence electrons. The predicted octanol–water partition coefficient (Wildman–Crippen LogP) is 2.76. The van der Waals surface area contributed by atoms with Crippen LogP contribution in [0.25, 0.3) is 0 Å². The van der Waals surface area contributed by atoms with E-state index in [0.717, 1.165) is 0 Å². The van der Waals surface area contributed by atoms with Gasteiger partial charge in [0, 0.05) is 32.7 Å². The summed E-state index contributed by atoms with van der Waals surface area (Å²) in [7, 11) is 1.66. The number of rotatable bonds is 8. The van der Waals surface area contributed by atoms with E-state index < -0.39 is 5.60 Å². The molecule has 0 aliphatic heterocycles. The highest BCUT2D eigenvalue weighted by atomic mass is 16.5. The number of methoxy groups -OCH3 is 1. The predicted molar refractivity (Wildman–Crippen MR) is 79.1 cm³/mol. The van der Waals surface area contributed by atoms with Gasteiger partial charge in [-0.2, -0.15) is 0 Å². The van der Waals surface area contributed by atoms with E-state index in [4.69, 9.17) is 4.74 Å². The van der Waals surface area contributed by atoms with Crippen LogP contribution in [-0.2, 0) is 4.74 Å². The Balaban J connectivity index is 2.61. The standard InChI is InChI=1S/C16H27NO2/c1-13(2)15(14-8-6-5-7-9-14)17-12-16(3,18)10-11-19-4/h5-9,13,15,17-18H,10-12H2,1-4H3. The Morgan fingerprint density at radius 2 is 1.89 bits per heavy atom. The molecule has 1 aromatic rings. The maximum absolute atomic E-state index is 10.3. The first-order chi connectivity index (χ1) is 8.96. The number of ether oxygens (including phenoxy) is 1. The molecular weight excluding hydrogens is 238 g/mol. The Bertz CT molecular complexity index is 349. The Labute approximate surface area is 117 Å². The minimum atomic E-state index is -0.738. The molecule has 19 heavy (non-hydrogen) atoms. The molecule has 0 amide bonds. The summed E-state index contributed by atoms with van der Waals surface area (Å²) >= 11 is 0. The van der Waals surface area contributed by atoms with Crippen molar-refractivity contribution in [3.8, 4) is 0 Å². The normalized spacial score (nSPS) is 16.3. The van der Waals surface area contributed by atoms with E-state index in [1.54, 1.807) is 7.11 Å². The monoisotopic (exact) mass is 265 g/mol. The van der Waals surface area contributed by atoms with Gasteiger partial charge in [-0.05, 0) is 18.4 Å². The van der Waals surface area contributed by atoms with Crippen molar-refractivity contribution in [2.75, 3.05) is 20.3 Å². The first-order valence-electron chi connectivity index (χ1n) is 6.96. The second kappa shape index (κ2) is 7.63. The summed E-state index contributed by atoms with van der Waals surface area (Å²) < 4.78 is 5.03. The van der Waals surface area contributed by atoms with Gasteiger partial charge in [-0.3, -0.25) is 0 Å². The molecule has 0 saturated carbocycles. The van der Waals surface area contributed by atoms with E-state index in [1.807, 2.05) is 13.0 Å². The molecule has 0 bridgehead atoms. The number of nitrogens with one attached hydrogen (secondary N) is 1. The zero-order chi connectivity index (χ0) is 14.3. The second-order valence-electron chi connectivity index (χ2n) is 5.75. The van der Waals surface area contributed by atoms with Crippen molar-refractivity contribution in [1.29, 1.82) is 0 Å². The maximum Gasteiger partial charge on any atom is 0.0765 e. The zero-order valence-corrected chi connectivity index (χ0v) is 12.5. The molecule has 0 saturated heterocycles. The van der Waals surface area contributed by atoms with Gasteiger partial charge >= 0.3 is 0 Å². The Morgan fingerprint density at radius 1 is 1.26 bits per heavy atom. The van der Waals surface area contributed by atoms with Crippen molar-refractivity contribution < 1.29 is 9.84 Å². The summed E-state index contributed by atoms with van der Waals surface area (Å²) in [4.78, 5) is 0. The molecular formula is C16H27NO2. The average Bonchev–Trinajstić information content (AvgIpc) is 2.37. The number of benzene rings is 1. The minimum absolute atomic E-state index is 0.259. The van der Waals surface area contributed by atoms with Crippen LogP contribution in [0.5, 0.6) is 0 Å². The summed E-state index contributed by atoms with van der Waals surface area (Å²) in [6.07, 6.45) is 0.635. The smallest absolute Gasteiger partial charge is 0.0765 e. The zero-order valence-electron chi connectivity index (χ0n) is 12.5. The minimum Gasteiger partial charge on any atom is -0.389 e. The van der Waals surface area contributed by atoms with Crippen LogP contribution in [0.3, 0.4) is 0 Å². The van der Waals surface area contributed by atoms with Gasteiger partial charge in [-0.25, -0.2) is 0 Å². The summed E-state index contributed by atoms with van der Waals surface area (Å²) in [5.74, 6) is 0.473. The lowest BCUT2D eigenvalue weighted by molar-refractivity contribution is 0.0215. The van der Waals surface area contributed by atoms with Crippen molar-refractivity contribution in [2.45, 2.75) is 38.8 Å². The largest absolute Gasteiger partial charge is 0.389 e. The van der Waals surface area contributed by atoms with Crippen molar-refractivity contribution in [1.82, 2.24) is 5.32 Å². The van der Waals surface area contributed by atoms with Crippen LogP contribution in [0.15, 0.2) is 30.3 Å². The van der Waals surface area contributed by atoms with E-state index >= 15 is 0 Å². The summed E-state index contributed by atoms with van der Waals surface area (Å²) in [6.45, 7) is 7.37. The summed E-state index contributed by atoms with van der Waals surface area (Å²) in [5.41, 5.74) is 0.526.